The van der Waals surface area contributed by atoms with Gasteiger partial charge in [-0.05, 0) is 26.8 Å². The van der Waals surface area contributed by atoms with Gasteiger partial charge >= 0.3 is 0 Å². The second-order valence-electron chi connectivity index (χ2n) is 6.01. The van der Waals surface area contributed by atoms with Crippen LogP contribution in [0.1, 0.15) is 30.1 Å². The van der Waals surface area contributed by atoms with Gasteiger partial charge in [-0.15, -0.1) is 0 Å². The molecule has 1 aliphatic heterocycles. The number of aryl methyl sites for hydroxylation is 2. The zero-order valence-electron chi connectivity index (χ0n) is 13.4. The van der Waals surface area contributed by atoms with Gasteiger partial charge in [-0.25, -0.2) is 4.68 Å². The third kappa shape index (κ3) is 2.67. The normalized spacial score (nSPS) is 27.0. The van der Waals surface area contributed by atoms with Crippen molar-refractivity contribution < 1.29 is 9.47 Å². The predicted octanol–water partition coefficient (Wildman–Crippen LogP) is 0.861. The number of hydrogen-bond acceptors (Lipinski definition) is 5. The Bertz CT molecular complexity index is 496. The summed E-state index contributed by atoms with van der Waals surface area (Å²) in [7, 11) is 5.63. The minimum atomic E-state index is 0.140. The van der Waals surface area contributed by atoms with E-state index in [1.54, 1.807) is 7.11 Å². The van der Waals surface area contributed by atoms with Crippen LogP contribution in [0.5, 0.6) is 5.88 Å². The van der Waals surface area contributed by atoms with Crippen molar-refractivity contribution in [1.29, 1.82) is 0 Å². The highest BCUT2D eigenvalue weighted by Crippen LogP contribution is 2.42. The van der Waals surface area contributed by atoms with Gasteiger partial charge in [0.2, 0.25) is 5.88 Å². The van der Waals surface area contributed by atoms with E-state index in [0.29, 0.717) is 6.04 Å². The topological polar surface area (TPSA) is 51.5 Å². The first kappa shape index (κ1) is 14.8. The van der Waals surface area contributed by atoms with Crippen molar-refractivity contribution >= 4 is 0 Å². The van der Waals surface area contributed by atoms with E-state index >= 15 is 0 Å². The number of rotatable bonds is 5. The molecule has 0 amide bonds. The first-order valence-corrected chi connectivity index (χ1v) is 7.76. The molecule has 0 bridgehead atoms. The highest BCUT2D eigenvalue weighted by molar-refractivity contribution is 5.36. The van der Waals surface area contributed by atoms with Gasteiger partial charge in [-0.3, -0.25) is 4.90 Å². The van der Waals surface area contributed by atoms with E-state index in [2.05, 4.69) is 22.2 Å². The number of aromatic nitrogens is 2. The van der Waals surface area contributed by atoms with E-state index in [-0.39, 0.29) is 12.1 Å². The van der Waals surface area contributed by atoms with Crippen LogP contribution in [0.4, 0.5) is 0 Å². The fourth-order valence-corrected chi connectivity index (χ4v) is 3.53. The molecule has 1 aliphatic carbocycles. The van der Waals surface area contributed by atoms with Gasteiger partial charge in [0.25, 0.3) is 0 Å². The highest BCUT2D eigenvalue weighted by Gasteiger charge is 2.43. The zero-order valence-corrected chi connectivity index (χ0v) is 13.4. The summed E-state index contributed by atoms with van der Waals surface area (Å²) in [5.74, 6) is 0.856. The lowest BCUT2D eigenvalue weighted by atomic mass is 9.97. The molecular weight excluding hydrogens is 268 g/mol. The monoisotopic (exact) mass is 294 g/mol. The van der Waals surface area contributed by atoms with Crippen molar-refractivity contribution in [2.24, 2.45) is 7.05 Å². The number of morpholine rings is 1. The minimum Gasteiger partial charge on any atom is -0.481 e. The molecule has 3 rings (SSSR count). The largest absolute Gasteiger partial charge is 0.481 e. The number of methoxy groups -OCH3 is 1. The van der Waals surface area contributed by atoms with Gasteiger partial charge in [0, 0.05) is 26.2 Å². The number of ether oxygens (including phenoxy) is 2. The summed E-state index contributed by atoms with van der Waals surface area (Å²) in [6.45, 7) is 4.70. The van der Waals surface area contributed by atoms with E-state index in [4.69, 9.17) is 9.47 Å². The van der Waals surface area contributed by atoms with Crippen LogP contribution in [0.25, 0.3) is 0 Å². The van der Waals surface area contributed by atoms with Crippen molar-refractivity contribution in [3.8, 4) is 5.88 Å². The van der Waals surface area contributed by atoms with Crippen LogP contribution in [0, 0.1) is 6.92 Å². The summed E-state index contributed by atoms with van der Waals surface area (Å²) in [6, 6.07) is 0.921. The van der Waals surface area contributed by atoms with Gasteiger partial charge in [-0.1, -0.05) is 0 Å². The van der Waals surface area contributed by atoms with Crippen LogP contribution in [0.2, 0.25) is 0 Å². The van der Waals surface area contributed by atoms with Crippen LogP contribution in [-0.4, -0.2) is 60.7 Å². The van der Waals surface area contributed by atoms with Crippen molar-refractivity contribution in [1.82, 2.24) is 20.0 Å². The Kier molecular flexibility index (Phi) is 4.19. The Morgan fingerprint density at radius 2 is 2.19 bits per heavy atom. The van der Waals surface area contributed by atoms with Gasteiger partial charge in [0.15, 0.2) is 0 Å². The molecule has 0 spiro atoms. The van der Waals surface area contributed by atoms with E-state index in [1.807, 2.05) is 18.8 Å². The summed E-state index contributed by atoms with van der Waals surface area (Å²) >= 11 is 0. The average molecular weight is 294 g/mol. The standard InChI is InChI=1S/C15H26N4O2/c1-10-13(15(20-4)18(3)17-10)14-12(9-16-2)21-8-7-19(14)11-5-6-11/h11-12,14,16H,5-9H2,1-4H3. The lowest BCUT2D eigenvalue weighted by Gasteiger charge is -2.41. The molecule has 6 nitrogen and oxygen atoms in total. The minimum absolute atomic E-state index is 0.140. The summed E-state index contributed by atoms with van der Waals surface area (Å²) < 4.78 is 13.5. The number of likely N-dealkylation sites (N-methyl/N-ethyl adjacent to an activating group) is 1. The Labute approximate surface area is 126 Å². The summed E-state index contributed by atoms with van der Waals surface area (Å²) in [4.78, 5) is 2.60. The summed E-state index contributed by atoms with van der Waals surface area (Å²) in [5, 5.41) is 7.82. The summed E-state index contributed by atoms with van der Waals surface area (Å²) in [5.41, 5.74) is 2.23. The first-order chi connectivity index (χ1) is 10.2. The third-order valence-electron chi connectivity index (χ3n) is 4.52. The fraction of sp³-hybridized carbons (Fsp3) is 0.800. The van der Waals surface area contributed by atoms with Crippen molar-refractivity contribution in [2.45, 2.75) is 38.0 Å². The molecule has 1 N–H and O–H groups in total. The molecule has 2 unspecified atom stereocenters. The van der Waals surface area contributed by atoms with Crippen LogP contribution in [0.3, 0.4) is 0 Å². The number of hydrogen-bond donors (Lipinski definition) is 1. The average Bonchev–Trinajstić information content (AvgIpc) is 3.25. The number of nitrogens with zero attached hydrogens (tertiary/aromatic N) is 3. The first-order valence-electron chi connectivity index (χ1n) is 7.76. The molecule has 2 fully saturated rings. The third-order valence-corrected chi connectivity index (χ3v) is 4.52. The van der Waals surface area contributed by atoms with Gasteiger partial charge in [-0.2, -0.15) is 5.10 Å². The van der Waals surface area contributed by atoms with Crippen molar-refractivity contribution in [3.63, 3.8) is 0 Å². The summed E-state index contributed by atoms with van der Waals surface area (Å²) in [6.07, 6.45) is 2.73. The molecule has 1 aromatic heterocycles. The molecule has 2 heterocycles. The van der Waals surface area contributed by atoms with Gasteiger partial charge in [0.05, 0.1) is 37.1 Å². The van der Waals surface area contributed by atoms with E-state index in [1.165, 1.54) is 18.4 Å². The van der Waals surface area contributed by atoms with Crippen molar-refractivity contribution in [2.75, 3.05) is 33.9 Å². The SMILES string of the molecule is CNCC1OCCN(C2CC2)C1c1c(C)nn(C)c1OC. The Hall–Kier alpha value is -1.11. The van der Waals surface area contributed by atoms with E-state index in [9.17, 15) is 0 Å². The predicted molar refractivity (Wildman–Crippen MR) is 80.6 cm³/mol. The molecule has 1 saturated carbocycles. The van der Waals surface area contributed by atoms with E-state index < -0.39 is 0 Å². The van der Waals surface area contributed by atoms with Crippen molar-refractivity contribution in [3.05, 3.63) is 11.3 Å². The lowest BCUT2D eigenvalue weighted by Crippen LogP contribution is -2.49. The van der Waals surface area contributed by atoms with Crippen LogP contribution in [-0.2, 0) is 11.8 Å². The molecule has 21 heavy (non-hydrogen) atoms. The van der Waals surface area contributed by atoms with Crippen LogP contribution < -0.4 is 10.1 Å². The fourth-order valence-electron chi connectivity index (χ4n) is 3.53. The molecule has 0 radical (unpaired) electrons. The molecule has 2 aliphatic rings. The zero-order chi connectivity index (χ0) is 15.0. The van der Waals surface area contributed by atoms with Gasteiger partial charge < -0.3 is 14.8 Å². The van der Waals surface area contributed by atoms with Gasteiger partial charge in [0.1, 0.15) is 0 Å². The van der Waals surface area contributed by atoms with E-state index in [0.717, 1.165) is 31.3 Å². The number of nitrogens with one attached hydrogen (secondary N) is 1. The maximum atomic E-state index is 6.06. The molecule has 1 saturated heterocycles. The molecule has 2 atom stereocenters. The highest BCUT2D eigenvalue weighted by atomic mass is 16.5. The molecule has 118 valence electrons. The molecular formula is C15H26N4O2. The Morgan fingerprint density at radius 3 is 2.81 bits per heavy atom. The van der Waals surface area contributed by atoms with Crippen LogP contribution in [0.15, 0.2) is 0 Å². The quantitative estimate of drug-likeness (QED) is 0.873. The second-order valence-corrected chi connectivity index (χ2v) is 6.01. The second kappa shape index (κ2) is 5.94. The Balaban J connectivity index is 2.00. The van der Waals surface area contributed by atoms with Crippen LogP contribution >= 0.6 is 0 Å². The maximum absolute atomic E-state index is 6.06. The lowest BCUT2D eigenvalue weighted by molar-refractivity contribution is -0.0747. The molecule has 0 aromatic carbocycles. The molecule has 1 aromatic rings. The smallest absolute Gasteiger partial charge is 0.216 e. The Morgan fingerprint density at radius 1 is 1.43 bits per heavy atom. The molecule has 6 heteroatoms. The maximum Gasteiger partial charge on any atom is 0.216 e.